The van der Waals surface area contributed by atoms with Crippen LogP contribution < -0.4 is 15.8 Å². The maximum Gasteiger partial charge on any atom is 0.133 e. The van der Waals surface area contributed by atoms with Crippen LogP contribution in [-0.2, 0) is 6.54 Å². The summed E-state index contributed by atoms with van der Waals surface area (Å²) >= 11 is 9.55. The Morgan fingerprint density at radius 3 is 2.65 bits per heavy atom. The smallest absolute Gasteiger partial charge is 0.133 e. The number of ether oxygens (including phenoxy) is 1. The molecule has 3 rings (SSSR count). The number of aromatic nitrogens is 1. The number of pyridine rings is 1. The van der Waals surface area contributed by atoms with E-state index in [0.29, 0.717) is 17.5 Å². The van der Waals surface area contributed by atoms with Crippen molar-refractivity contribution in [1.82, 2.24) is 4.98 Å². The number of nitrogen functional groups attached to an aromatic ring is 1. The van der Waals surface area contributed by atoms with Crippen LogP contribution in [0.25, 0.3) is 10.8 Å². The van der Waals surface area contributed by atoms with E-state index in [-0.39, 0.29) is 0 Å². The van der Waals surface area contributed by atoms with Crippen molar-refractivity contribution in [2.24, 2.45) is 0 Å². The van der Waals surface area contributed by atoms with Crippen molar-refractivity contribution >= 4 is 49.8 Å². The van der Waals surface area contributed by atoms with Crippen molar-refractivity contribution < 1.29 is 4.74 Å². The number of nitrogens with two attached hydrogens (primary N) is 1. The molecule has 2 aromatic carbocycles. The number of fused-ring (bicyclic) bond motifs is 1. The molecule has 0 amide bonds. The van der Waals surface area contributed by atoms with Gasteiger partial charge in [-0.2, -0.15) is 0 Å². The predicted molar refractivity (Wildman–Crippen MR) is 99.2 cm³/mol. The van der Waals surface area contributed by atoms with Crippen LogP contribution in [0.3, 0.4) is 0 Å². The summed E-state index contributed by atoms with van der Waals surface area (Å²) in [5, 5.41) is 5.61. The molecule has 0 atom stereocenters. The predicted octanol–water partition coefficient (Wildman–Crippen LogP) is 4.85. The molecule has 0 saturated carbocycles. The van der Waals surface area contributed by atoms with E-state index >= 15 is 0 Å². The first-order valence-electron chi connectivity index (χ1n) is 6.99. The third kappa shape index (κ3) is 3.51. The topological polar surface area (TPSA) is 60.2 Å². The molecule has 0 radical (unpaired) electrons. The maximum absolute atomic E-state index is 5.98. The van der Waals surface area contributed by atoms with E-state index in [1.165, 1.54) is 0 Å². The number of nitrogens with one attached hydrogen (secondary N) is 1. The van der Waals surface area contributed by atoms with E-state index in [9.17, 15) is 0 Å². The highest BCUT2D eigenvalue weighted by Crippen LogP contribution is 2.32. The van der Waals surface area contributed by atoms with Crippen LogP contribution in [0.1, 0.15) is 5.56 Å². The first-order chi connectivity index (χ1) is 11.1. The Morgan fingerprint density at radius 1 is 1.22 bits per heavy atom. The second-order valence-electron chi connectivity index (χ2n) is 5.09. The van der Waals surface area contributed by atoms with Gasteiger partial charge in [-0.25, -0.2) is 4.98 Å². The highest BCUT2D eigenvalue weighted by molar-refractivity contribution is 9.10. The molecule has 1 aromatic heterocycles. The fourth-order valence-electron chi connectivity index (χ4n) is 2.34. The first-order valence-corrected chi connectivity index (χ1v) is 8.16. The number of halogens is 2. The summed E-state index contributed by atoms with van der Waals surface area (Å²) < 4.78 is 6.09. The van der Waals surface area contributed by atoms with Gasteiger partial charge in [0.05, 0.1) is 7.11 Å². The SMILES string of the molecule is COc1ccc(CNc2cc3cc(Cl)nc(N)c3cc2Br)cc1. The van der Waals surface area contributed by atoms with E-state index in [4.69, 9.17) is 22.1 Å². The lowest BCUT2D eigenvalue weighted by molar-refractivity contribution is 0.414. The molecule has 3 aromatic rings. The van der Waals surface area contributed by atoms with Gasteiger partial charge in [0.1, 0.15) is 16.7 Å². The zero-order valence-electron chi connectivity index (χ0n) is 12.4. The summed E-state index contributed by atoms with van der Waals surface area (Å²) in [7, 11) is 1.66. The number of benzene rings is 2. The molecule has 0 aliphatic carbocycles. The summed E-state index contributed by atoms with van der Waals surface area (Å²) in [6.07, 6.45) is 0. The fourth-order valence-corrected chi connectivity index (χ4v) is 3.04. The molecule has 0 unspecified atom stereocenters. The van der Waals surface area contributed by atoms with Gasteiger partial charge < -0.3 is 15.8 Å². The highest BCUT2D eigenvalue weighted by Gasteiger charge is 2.07. The van der Waals surface area contributed by atoms with Gasteiger partial charge in [-0.05, 0) is 57.2 Å². The Hall–Kier alpha value is -1.98. The zero-order valence-corrected chi connectivity index (χ0v) is 14.8. The maximum atomic E-state index is 5.98. The summed E-state index contributed by atoms with van der Waals surface area (Å²) in [5.74, 6) is 1.27. The molecule has 0 aliphatic heterocycles. The molecule has 4 nitrogen and oxygen atoms in total. The van der Waals surface area contributed by atoms with Crippen LogP contribution in [-0.4, -0.2) is 12.1 Å². The minimum atomic E-state index is 0.387. The van der Waals surface area contributed by atoms with Gasteiger partial charge >= 0.3 is 0 Å². The van der Waals surface area contributed by atoms with Crippen LogP contribution in [0.4, 0.5) is 11.5 Å². The second-order valence-corrected chi connectivity index (χ2v) is 6.33. The number of nitrogens with zero attached hydrogens (tertiary/aromatic N) is 1. The van der Waals surface area contributed by atoms with E-state index in [1.54, 1.807) is 13.2 Å². The van der Waals surface area contributed by atoms with Crippen LogP contribution in [0.5, 0.6) is 5.75 Å². The zero-order chi connectivity index (χ0) is 16.4. The molecular formula is C17H15BrClN3O. The van der Waals surface area contributed by atoms with Gasteiger partial charge in [-0.3, -0.25) is 0 Å². The van der Waals surface area contributed by atoms with Gasteiger partial charge in [-0.1, -0.05) is 23.7 Å². The van der Waals surface area contributed by atoms with Crippen molar-refractivity contribution in [1.29, 1.82) is 0 Å². The average Bonchev–Trinajstić information content (AvgIpc) is 2.54. The lowest BCUT2D eigenvalue weighted by atomic mass is 10.1. The molecule has 0 saturated heterocycles. The molecule has 1 heterocycles. The molecule has 3 N–H and O–H groups in total. The number of methoxy groups -OCH3 is 1. The Kier molecular flexibility index (Phi) is 4.59. The van der Waals surface area contributed by atoms with Crippen molar-refractivity contribution in [3.63, 3.8) is 0 Å². The lowest BCUT2D eigenvalue weighted by Crippen LogP contribution is -2.01. The molecular weight excluding hydrogens is 378 g/mol. The van der Waals surface area contributed by atoms with E-state index in [0.717, 1.165) is 32.2 Å². The van der Waals surface area contributed by atoms with Gasteiger partial charge in [-0.15, -0.1) is 0 Å². The summed E-state index contributed by atoms with van der Waals surface area (Å²) in [6, 6.07) is 13.7. The van der Waals surface area contributed by atoms with Gasteiger partial charge in [0, 0.05) is 22.1 Å². The molecule has 23 heavy (non-hydrogen) atoms. The largest absolute Gasteiger partial charge is 0.497 e. The van der Waals surface area contributed by atoms with E-state index < -0.39 is 0 Å². The van der Waals surface area contributed by atoms with Gasteiger partial charge in [0.2, 0.25) is 0 Å². The van der Waals surface area contributed by atoms with Crippen molar-refractivity contribution in [2.45, 2.75) is 6.54 Å². The van der Waals surface area contributed by atoms with E-state index in [1.807, 2.05) is 36.4 Å². The molecule has 118 valence electrons. The third-order valence-corrected chi connectivity index (χ3v) is 4.41. The van der Waals surface area contributed by atoms with Crippen molar-refractivity contribution in [3.05, 3.63) is 57.7 Å². The Labute approximate surface area is 147 Å². The molecule has 0 bridgehead atoms. The third-order valence-electron chi connectivity index (χ3n) is 3.56. The van der Waals surface area contributed by atoms with E-state index in [2.05, 4.69) is 26.2 Å². The quantitative estimate of drug-likeness (QED) is 0.623. The Bertz CT molecular complexity index is 853. The summed E-state index contributed by atoms with van der Waals surface area (Å²) in [6.45, 7) is 0.697. The minimum Gasteiger partial charge on any atom is -0.497 e. The van der Waals surface area contributed by atoms with Crippen molar-refractivity contribution in [2.75, 3.05) is 18.2 Å². The highest BCUT2D eigenvalue weighted by atomic mass is 79.9. The molecule has 0 fully saturated rings. The van der Waals surface area contributed by atoms with Crippen molar-refractivity contribution in [3.8, 4) is 5.75 Å². The van der Waals surface area contributed by atoms with Crippen LogP contribution in [0, 0.1) is 0 Å². The minimum absolute atomic E-state index is 0.387. The van der Waals surface area contributed by atoms with Crippen LogP contribution >= 0.6 is 27.5 Å². The van der Waals surface area contributed by atoms with Crippen LogP contribution in [0.2, 0.25) is 5.15 Å². The second kappa shape index (κ2) is 6.64. The Morgan fingerprint density at radius 2 is 1.96 bits per heavy atom. The number of hydrogen-bond acceptors (Lipinski definition) is 4. The molecule has 0 spiro atoms. The number of rotatable bonds is 4. The first kappa shape index (κ1) is 15.9. The standard InChI is InChI=1S/C17H15BrClN3O/c1-23-12-4-2-10(3-5-12)9-21-15-6-11-7-16(19)22-17(20)13(11)8-14(15)18/h2-8,21H,9H2,1H3,(H2,20,22). The fraction of sp³-hybridized carbons (Fsp3) is 0.118. The summed E-state index contributed by atoms with van der Waals surface area (Å²) in [5.41, 5.74) is 8.04. The van der Waals surface area contributed by atoms with Crippen LogP contribution in [0.15, 0.2) is 46.9 Å². The van der Waals surface area contributed by atoms with Gasteiger partial charge in [0.15, 0.2) is 0 Å². The normalized spacial score (nSPS) is 10.7. The molecule has 0 aliphatic rings. The monoisotopic (exact) mass is 391 g/mol. The Balaban J connectivity index is 1.85. The lowest BCUT2D eigenvalue weighted by Gasteiger charge is -2.12. The number of anilines is 2. The average molecular weight is 393 g/mol. The summed E-state index contributed by atoms with van der Waals surface area (Å²) in [4.78, 5) is 4.07. The number of hydrogen-bond donors (Lipinski definition) is 2. The molecule has 6 heteroatoms. The van der Waals surface area contributed by atoms with Gasteiger partial charge in [0.25, 0.3) is 0 Å².